The smallest absolute Gasteiger partial charge is 0.227 e. The van der Waals surface area contributed by atoms with Crippen molar-refractivity contribution in [1.82, 2.24) is 4.98 Å². The van der Waals surface area contributed by atoms with Gasteiger partial charge >= 0.3 is 0 Å². The van der Waals surface area contributed by atoms with Crippen molar-refractivity contribution in [3.63, 3.8) is 0 Å². The van der Waals surface area contributed by atoms with Crippen LogP contribution in [0.3, 0.4) is 0 Å². The Morgan fingerprint density at radius 2 is 2.41 bits per heavy atom. The van der Waals surface area contributed by atoms with Crippen LogP contribution in [-0.4, -0.2) is 17.4 Å². The second-order valence-electron chi connectivity index (χ2n) is 4.17. The van der Waals surface area contributed by atoms with Gasteiger partial charge in [-0.25, -0.2) is 4.98 Å². The van der Waals surface area contributed by atoms with E-state index in [0.29, 0.717) is 24.5 Å². The Kier molecular flexibility index (Phi) is 3.19. The second-order valence-corrected chi connectivity index (χ2v) is 5.02. The monoisotopic (exact) mass is 295 g/mol. The number of anilines is 2. The van der Waals surface area contributed by atoms with Crippen molar-refractivity contribution in [2.24, 2.45) is 5.92 Å². The summed E-state index contributed by atoms with van der Waals surface area (Å²) < 4.78 is 0.858. The molecule has 1 saturated heterocycles. The van der Waals surface area contributed by atoms with Crippen molar-refractivity contribution in [3.05, 3.63) is 28.9 Å². The van der Waals surface area contributed by atoms with Crippen molar-refractivity contribution >= 4 is 33.3 Å². The Balaban J connectivity index is 2.44. The maximum atomic E-state index is 11.9. The molecule has 17 heavy (non-hydrogen) atoms. The first-order valence-corrected chi connectivity index (χ1v) is 6.17. The number of amides is 1. The van der Waals surface area contributed by atoms with Crippen LogP contribution in [0.15, 0.2) is 23.3 Å². The molecule has 1 aromatic rings. The number of aromatic nitrogens is 1. The molecule has 1 unspecified atom stereocenters. The number of hydrogen-bond acceptors (Lipinski definition) is 3. The Bertz CT molecular complexity index is 487. The lowest BCUT2D eigenvalue weighted by atomic mass is 10.1. The van der Waals surface area contributed by atoms with Gasteiger partial charge in [0.05, 0.1) is 5.69 Å². The number of nitrogen functional groups attached to an aromatic ring is 1. The van der Waals surface area contributed by atoms with Gasteiger partial charge in [-0.15, -0.1) is 6.58 Å². The first-order chi connectivity index (χ1) is 8.04. The van der Waals surface area contributed by atoms with Gasteiger partial charge in [-0.1, -0.05) is 6.08 Å². The maximum absolute atomic E-state index is 11.9. The summed E-state index contributed by atoms with van der Waals surface area (Å²) in [7, 11) is 0. The molecular formula is C12H14BrN3O. The zero-order valence-electron chi connectivity index (χ0n) is 9.61. The molecule has 1 aromatic heterocycles. The number of pyridine rings is 1. The van der Waals surface area contributed by atoms with E-state index in [0.717, 1.165) is 10.0 Å². The molecule has 90 valence electrons. The van der Waals surface area contributed by atoms with Gasteiger partial charge < -0.3 is 10.6 Å². The molecule has 0 bridgehead atoms. The topological polar surface area (TPSA) is 59.2 Å². The summed E-state index contributed by atoms with van der Waals surface area (Å²) >= 11 is 3.40. The van der Waals surface area contributed by atoms with Gasteiger partial charge in [-0.3, -0.25) is 4.79 Å². The number of nitrogens with zero attached hydrogens (tertiary/aromatic N) is 2. The standard InChI is InChI=1S/C12H14BrN3O/c1-3-8-4-10(17)16(6-8)11-7(2)9(13)5-15-12(11)14/h3,5,8H,1,4,6H2,2H3,(H2,14,15). The second kappa shape index (κ2) is 4.49. The summed E-state index contributed by atoms with van der Waals surface area (Å²) in [5.74, 6) is 0.661. The van der Waals surface area contributed by atoms with Gasteiger partial charge in [-0.2, -0.15) is 0 Å². The third-order valence-corrected chi connectivity index (χ3v) is 3.83. The highest BCUT2D eigenvalue weighted by Gasteiger charge is 2.31. The van der Waals surface area contributed by atoms with E-state index in [4.69, 9.17) is 5.73 Å². The summed E-state index contributed by atoms with van der Waals surface area (Å²) in [6.07, 6.45) is 3.96. The van der Waals surface area contributed by atoms with Gasteiger partial charge in [-0.05, 0) is 28.4 Å². The van der Waals surface area contributed by atoms with Gasteiger partial charge in [0.2, 0.25) is 5.91 Å². The van der Waals surface area contributed by atoms with E-state index in [9.17, 15) is 4.79 Å². The fraction of sp³-hybridized carbons (Fsp3) is 0.333. The minimum atomic E-state index is 0.0737. The maximum Gasteiger partial charge on any atom is 0.227 e. The summed E-state index contributed by atoms with van der Waals surface area (Å²) in [6, 6.07) is 0. The predicted octanol–water partition coefficient (Wildman–Crippen LogP) is 2.27. The third kappa shape index (κ3) is 2.07. The van der Waals surface area contributed by atoms with Crippen LogP contribution in [0.1, 0.15) is 12.0 Å². The zero-order chi connectivity index (χ0) is 12.6. The quantitative estimate of drug-likeness (QED) is 0.852. The van der Waals surface area contributed by atoms with Crippen molar-refractivity contribution in [3.8, 4) is 0 Å². The lowest BCUT2D eigenvalue weighted by Gasteiger charge is -2.20. The molecule has 2 heterocycles. The van der Waals surface area contributed by atoms with Crippen LogP contribution >= 0.6 is 15.9 Å². The number of carbonyl (C=O) groups is 1. The van der Waals surface area contributed by atoms with Crippen LogP contribution in [0.25, 0.3) is 0 Å². The van der Waals surface area contributed by atoms with Crippen molar-refractivity contribution in [1.29, 1.82) is 0 Å². The normalized spacial score (nSPS) is 19.8. The van der Waals surface area contributed by atoms with Crippen LogP contribution in [-0.2, 0) is 4.79 Å². The summed E-state index contributed by atoms with van der Waals surface area (Å²) in [4.78, 5) is 17.7. The minimum absolute atomic E-state index is 0.0737. The Hall–Kier alpha value is -1.36. The third-order valence-electron chi connectivity index (χ3n) is 3.03. The number of nitrogens with two attached hydrogens (primary N) is 1. The predicted molar refractivity (Wildman–Crippen MR) is 71.7 cm³/mol. The van der Waals surface area contributed by atoms with E-state index in [1.54, 1.807) is 11.1 Å². The highest BCUT2D eigenvalue weighted by atomic mass is 79.9. The lowest BCUT2D eigenvalue weighted by Crippen LogP contribution is -2.26. The Morgan fingerprint density at radius 3 is 3.00 bits per heavy atom. The van der Waals surface area contributed by atoms with Gasteiger partial charge in [0.1, 0.15) is 5.82 Å². The van der Waals surface area contributed by atoms with E-state index < -0.39 is 0 Å². The van der Waals surface area contributed by atoms with Crippen LogP contribution < -0.4 is 10.6 Å². The molecule has 0 aromatic carbocycles. The summed E-state index contributed by atoms with van der Waals surface area (Å²) in [5.41, 5.74) is 7.52. The zero-order valence-corrected chi connectivity index (χ0v) is 11.2. The van der Waals surface area contributed by atoms with Gasteiger partial charge in [0.15, 0.2) is 0 Å². The van der Waals surface area contributed by atoms with E-state index >= 15 is 0 Å². The molecule has 1 fully saturated rings. The summed E-state index contributed by atoms with van der Waals surface area (Å²) in [6.45, 7) is 6.29. The molecule has 2 rings (SSSR count). The fourth-order valence-corrected chi connectivity index (χ4v) is 2.33. The van der Waals surface area contributed by atoms with Crippen molar-refractivity contribution in [2.75, 3.05) is 17.2 Å². The molecule has 1 amide bonds. The molecular weight excluding hydrogens is 282 g/mol. The molecule has 1 atom stereocenters. The van der Waals surface area contributed by atoms with Crippen LogP contribution in [0.4, 0.5) is 11.5 Å². The molecule has 0 spiro atoms. The van der Waals surface area contributed by atoms with Crippen LogP contribution in [0, 0.1) is 12.8 Å². The molecule has 4 nitrogen and oxygen atoms in total. The molecule has 0 saturated carbocycles. The van der Waals surface area contributed by atoms with E-state index in [2.05, 4.69) is 27.5 Å². The Morgan fingerprint density at radius 1 is 1.71 bits per heavy atom. The highest BCUT2D eigenvalue weighted by Crippen LogP contribution is 2.35. The van der Waals surface area contributed by atoms with Gasteiger partial charge in [0, 0.05) is 29.6 Å². The minimum Gasteiger partial charge on any atom is -0.382 e. The number of hydrogen-bond donors (Lipinski definition) is 1. The Labute approximate surface area is 109 Å². The van der Waals surface area contributed by atoms with Crippen LogP contribution in [0.5, 0.6) is 0 Å². The first-order valence-electron chi connectivity index (χ1n) is 5.38. The van der Waals surface area contributed by atoms with E-state index in [-0.39, 0.29) is 11.8 Å². The molecule has 0 radical (unpaired) electrons. The van der Waals surface area contributed by atoms with Crippen molar-refractivity contribution in [2.45, 2.75) is 13.3 Å². The fourth-order valence-electron chi connectivity index (χ4n) is 2.04. The summed E-state index contributed by atoms with van der Waals surface area (Å²) in [5, 5.41) is 0. The van der Waals surface area contributed by atoms with Gasteiger partial charge in [0.25, 0.3) is 0 Å². The SMILES string of the molecule is C=CC1CC(=O)N(c2c(N)ncc(Br)c2C)C1. The average molecular weight is 296 g/mol. The average Bonchev–Trinajstić information content (AvgIpc) is 2.66. The molecule has 1 aliphatic heterocycles. The lowest BCUT2D eigenvalue weighted by molar-refractivity contribution is -0.117. The number of halogens is 1. The number of carbonyl (C=O) groups excluding carboxylic acids is 1. The largest absolute Gasteiger partial charge is 0.382 e. The molecule has 5 heteroatoms. The molecule has 0 aliphatic carbocycles. The number of rotatable bonds is 2. The first kappa shape index (κ1) is 12.1. The highest BCUT2D eigenvalue weighted by molar-refractivity contribution is 9.10. The van der Waals surface area contributed by atoms with Crippen molar-refractivity contribution < 1.29 is 4.79 Å². The molecule has 2 N–H and O–H groups in total. The van der Waals surface area contributed by atoms with E-state index in [1.165, 1.54) is 0 Å². The van der Waals surface area contributed by atoms with E-state index in [1.807, 2.05) is 13.0 Å². The van der Waals surface area contributed by atoms with Crippen LogP contribution in [0.2, 0.25) is 0 Å². The molecule has 1 aliphatic rings.